The van der Waals surface area contributed by atoms with E-state index in [0.717, 1.165) is 0 Å². The number of nitrogens with one attached hydrogen (secondary N) is 3. The fourth-order valence-corrected chi connectivity index (χ4v) is 3.43. The summed E-state index contributed by atoms with van der Waals surface area (Å²) in [7, 11) is 4.48. The van der Waals surface area contributed by atoms with E-state index in [4.69, 9.17) is 25.8 Å². The van der Waals surface area contributed by atoms with E-state index in [9.17, 15) is 9.59 Å². The highest BCUT2D eigenvalue weighted by Gasteiger charge is 2.38. The number of methoxy groups -OCH3 is 3. The predicted octanol–water partition coefficient (Wildman–Crippen LogP) is 3.49. The number of halogens is 1. The lowest BCUT2D eigenvalue weighted by atomic mass is 9.87. The Morgan fingerprint density at radius 2 is 1.67 bits per heavy atom. The van der Waals surface area contributed by atoms with Gasteiger partial charge in [0.1, 0.15) is 5.92 Å². The number of hydrogen-bond acceptors (Lipinski definition) is 5. The van der Waals surface area contributed by atoms with E-state index in [0.29, 0.717) is 33.5 Å². The Morgan fingerprint density at radius 3 is 2.20 bits per heavy atom. The zero-order chi connectivity index (χ0) is 21.8. The van der Waals surface area contributed by atoms with Crippen LogP contribution < -0.4 is 30.2 Å². The van der Waals surface area contributed by atoms with E-state index in [-0.39, 0.29) is 11.6 Å². The Kier molecular flexibility index (Phi) is 6.37. The lowest BCUT2D eigenvalue weighted by molar-refractivity contribution is -0.119. The smallest absolute Gasteiger partial charge is 0.319 e. The van der Waals surface area contributed by atoms with Gasteiger partial charge in [-0.25, -0.2) is 4.79 Å². The molecule has 3 rings (SSSR count). The maximum atomic E-state index is 13.1. The Hall–Kier alpha value is -3.39. The van der Waals surface area contributed by atoms with Crippen LogP contribution in [0.25, 0.3) is 0 Å². The minimum Gasteiger partial charge on any atom is -0.493 e. The number of hydrogen-bond donors (Lipinski definition) is 3. The average Bonchev–Trinajstić information content (AvgIpc) is 2.73. The van der Waals surface area contributed by atoms with Crippen LogP contribution in [0.2, 0.25) is 5.02 Å². The molecule has 0 spiro atoms. The standard InChI is InChI=1S/C21H22ClN3O5/c1-11-17(20(26)24-14-7-5-13(22)6-8-14)18(25-21(27)23-11)12-9-15(28-2)19(30-4)16(10-12)29-3/h5-10,17-18H,1H2,2-4H3,(H,24,26)(H2,23,25,27). The molecule has 2 aromatic rings. The lowest BCUT2D eigenvalue weighted by Crippen LogP contribution is -2.51. The summed E-state index contributed by atoms with van der Waals surface area (Å²) in [5.74, 6) is 0.0592. The van der Waals surface area contributed by atoms with Crippen LogP contribution in [0.4, 0.5) is 10.5 Å². The van der Waals surface area contributed by atoms with Gasteiger partial charge in [0.15, 0.2) is 11.5 Å². The molecule has 9 heteroatoms. The van der Waals surface area contributed by atoms with Crippen molar-refractivity contribution in [1.29, 1.82) is 0 Å². The molecule has 0 aromatic heterocycles. The van der Waals surface area contributed by atoms with Crippen molar-refractivity contribution in [2.75, 3.05) is 26.6 Å². The van der Waals surface area contributed by atoms with Crippen LogP contribution in [0.5, 0.6) is 17.2 Å². The maximum absolute atomic E-state index is 13.1. The summed E-state index contributed by atoms with van der Waals surface area (Å²) < 4.78 is 16.1. The molecule has 158 valence electrons. The number of amides is 3. The first kappa shape index (κ1) is 21.3. The summed E-state index contributed by atoms with van der Waals surface area (Å²) in [4.78, 5) is 25.2. The topological polar surface area (TPSA) is 97.9 Å². The van der Waals surface area contributed by atoms with Crippen LogP contribution in [0.15, 0.2) is 48.7 Å². The largest absolute Gasteiger partial charge is 0.493 e. The highest BCUT2D eigenvalue weighted by atomic mass is 35.5. The third-order valence-corrected chi connectivity index (χ3v) is 4.96. The van der Waals surface area contributed by atoms with Gasteiger partial charge in [-0.2, -0.15) is 0 Å². The summed E-state index contributed by atoms with van der Waals surface area (Å²) in [6.07, 6.45) is 0. The minimum absolute atomic E-state index is 0.268. The molecule has 1 aliphatic heterocycles. The molecule has 0 saturated carbocycles. The molecule has 1 saturated heterocycles. The van der Waals surface area contributed by atoms with Crippen LogP contribution in [0.3, 0.4) is 0 Å². The van der Waals surface area contributed by atoms with Gasteiger partial charge >= 0.3 is 6.03 Å². The van der Waals surface area contributed by atoms with Crippen molar-refractivity contribution < 1.29 is 23.8 Å². The third kappa shape index (κ3) is 4.28. The van der Waals surface area contributed by atoms with E-state index >= 15 is 0 Å². The normalized spacial score (nSPS) is 18.1. The van der Waals surface area contributed by atoms with Gasteiger partial charge in [-0.3, -0.25) is 4.79 Å². The van der Waals surface area contributed by atoms with Crippen molar-refractivity contribution in [3.63, 3.8) is 0 Å². The predicted molar refractivity (Wildman–Crippen MR) is 113 cm³/mol. The van der Waals surface area contributed by atoms with Gasteiger partial charge in [-0.05, 0) is 42.0 Å². The molecule has 2 aromatic carbocycles. The number of carbonyl (C=O) groups excluding carboxylic acids is 2. The molecule has 8 nitrogen and oxygen atoms in total. The number of ether oxygens (including phenoxy) is 3. The summed E-state index contributed by atoms with van der Waals surface area (Å²) >= 11 is 5.90. The first-order chi connectivity index (χ1) is 14.4. The Bertz CT molecular complexity index is 952. The quantitative estimate of drug-likeness (QED) is 0.650. The van der Waals surface area contributed by atoms with Crippen LogP contribution in [0, 0.1) is 5.92 Å². The SMILES string of the molecule is C=C1NC(=O)NC(c2cc(OC)c(OC)c(OC)c2)C1C(=O)Nc1ccc(Cl)cc1. The van der Waals surface area contributed by atoms with Crippen LogP contribution >= 0.6 is 11.6 Å². The molecule has 1 fully saturated rings. The van der Waals surface area contributed by atoms with Crippen LogP contribution in [0.1, 0.15) is 11.6 Å². The van der Waals surface area contributed by atoms with E-state index in [1.165, 1.54) is 21.3 Å². The third-order valence-electron chi connectivity index (χ3n) is 4.71. The Morgan fingerprint density at radius 1 is 1.07 bits per heavy atom. The van der Waals surface area contributed by atoms with Gasteiger partial charge in [0.25, 0.3) is 0 Å². The molecule has 3 N–H and O–H groups in total. The van der Waals surface area contributed by atoms with Gasteiger partial charge in [0.2, 0.25) is 11.7 Å². The van der Waals surface area contributed by atoms with Crippen LogP contribution in [-0.2, 0) is 4.79 Å². The molecule has 0 radical (unpaired) electrons. The van der Waals surface area contributed by atoms with E-state index in [2.05, 4.69) is 22.5 Å². The monoisotopic (exact) mass is 431 g/mol. The van der Waals surface area contributed by atoms with Crippen molar-refractivity contribution in [3.05, 3.63) is 59.3 Å². The Labute approximate surface area is 179 Å². The van der Waals surface area contributed by atoms with E-state index in [1.807, 2.05) is 0 Å². The first-order valence-electron chi connectivity index (χ1n) is 9.00. The number of carbonyl (C=O) groups is 2. The first-order valence-corrected chi connectivity index (χ1v) is 9.38. The second-order valence-electron chi connectivity index (χ2n) is 6.53. The second kappa shape index (κ2) is 8.96. The van der Waals surface area contributed by atoms with Gasteiger partial charge in [-0.1, -0.05) is 18.2 Å². The molecule has 2 atom stereocenters. The summed E-state index contributed by atoms with van der Waals surface area (Å²) in [6.45, 7) is 3.88. The molecule has 1 heterocycles. The van der Waals surface area contributed by atoms with E-state index in [1.54, 1.807) is 36.4 Å². The highest BCUT2D eigenvalue weighted by molar-refractivity contribution is 6.30. The fourth-order valence-electron chi connectivity index (χ4n) is 3.30. The van der Waals surface area contributed by atoms with Crippen molar-refractivity contribution >= 4 is 29.2 Å². The number of benzene rings is 2. The number of rotatable bonds is 6. The highest BCUT2D eigenvalue weighted by Crippen LogP contribution is 2.42. The second-order valence-corrected chi connectivity index (χ2v) is 6.97. The Balaban J connectivity index is 1.99. The molecular weight excluding hydrogens is 410 g/mol. The molecule has 0 bridgehead atoms. The molecular formula is C21H22ClN3O5. The zero-order valence-electron chi connectivity index (χ0n) is 16.7. The lowest BCUT2D eigenvalue weighted by Gasteiger charge is -2.34. The van der Waals surface area contributed by atoms with Crippen molar-refractivity contribution in [2.24, 2.45) is 5.92 Å². The molecule has 3 amide bonds. The van der Waals surface area contributed by atoms with Gasteiger partial charge in [0, 0.05) is 16.4 Å². The molecule has 30 heavy (non-hydrogen) atoms. The fraction of sp³-hybridized carbons (Fsp3) is 0.238. The zero-order valence-corrected chi connectivity index (χ0v) is 17.5. The maximum Gasteiger partial charge on any atom is 0.319 e. The molecule has 0 aliphatic carbocycles. The average molecular weight is 432 g/mol. The number of urea groups is 1. The van der Waals surface area contributed by atoms with Gasteiger partial charge in [-0.15, -0.1) is 0 Å². The van der Waals surface area contributed by atoms with Crippen molar-refractivity contribution in [1.82, 2.24) is 10.6 Å². The summed E-state index contributed by atoms with van der Waals surface area (Å²) in [6, 6.07) is 8.91. The molecule has 1 aliphatic rings. The number of anilines is 1. The minimum atomic E-state index is -0.804. The molecule has 2 unspecified atom stereocenters. The van der Waals surface area contributed by atoms with Gasteiger partial charge in [0.05, 0.1) is 27.4 Å². The summed E-state index contributed by atoms with van der Waals surface area (Å²) in [5.41, 5.74) is 1.43. The van der Waals surface area contributed by atoms with Gasteiger partial charge < -0.3 is 30.2 Å². The van der Waals surface area contributed by atoms with Crippen molar-refractivity contribution in [3.8, 4) is 17.2 Å². The van der Waals surface area contributed by atoms with Crippen molar-refractivity contribution in [2.45, 2.75) is 6.04 Å². The summed E-state index contributed by atoms with van der Waals surface area (Å²) in [5, 5.41) is 8.74. The van der Waals surface area contributed by atoms with Crippen LogP contribution in [-0.4, -0.2) is 33.3 Å². The van der Waals surface area contributed by atoms with E-state index < -0.39 is 18.0 Å².